The van der Waals surface area contributed by atoms with Gasteiger partial charge in [0.2, 0.25) is 0 Å². The predicted molar refractivity (Wildman–Crippen MR) is 75.8 cm³/mol. The molecular weight excluding hydrogens is 222 g/mol. The second-order valence-electron chi connectivity index (χ2n) is 5.48. The third-order valence-electron chi connectivity index (χ3n) is 3.89. The van der Waals surface area contributed by atoms with Crippen LogP contribution in [0.25, 0.3) is 0 Å². The largest absolute Gasteiger partial charge is 0.493 e. The van der Waals surface area contributed by atoms with Crippen molar-refractivity contribution in [2.75, 3.05) is 6.61 Å². The van der Waals surface area contributed by atoms with Crippen molar-refractivity contribution in [2.24, 2.45) is 11.7 Å². The van der Waals surface area contributed by atoms with Crippen molar-refractivity contribution in [3.63, 3.8) is 0 Å². The number of benzene rings is 1. The molecule has 1 fully saturated rings. The summed E-state index contributed by atoms with van der Waals surface area (Å²) >= 11 is 0. The zero-order valence-corrected chi connectivity index (χ0v) is 11.5. The lowest BCUT2D eigenvalue weighted by Crippen LogP contribution is -2.12. The Morgan fingerprint density at radius 1 is 1.17 bits per heavy atom. The summed E-state index contributed by atoms with van der Waals surface area (Å²) in [5.74, 6) is 1.71. The van der Waals surface area contributed by atoms with Crippen LogP contribution in [0.1, 0.15) is 49.7 Å². The van der Waals surface area contributed by atoms with Gasteiger partial charge in [-0.15, -0.1) is 0 Å². The van der Waals surface area contributed by atoms with Crippen LogP contribution >= 0.6 is 0 Å². The summed E-state index contributed by atoms with van der Waals surface area (Å²) in [7, 11) is 0. The molecule has 1 aromatic rings. The highest BCUT2D eigenvalue weighted by Gasteiger charge is 2.13. The normalized spacial score (nSPS) is 17.4. The van der Waals surface area contributed by atoms with Crippen LogP contribution in [-0.2, 0) is 6.54 Å². The van der Waals surface area contributed by atoms with Crippen LogP contribution in [0.2, 0.25) is 0 Å². The summed E-state index contributed by atoms with van der Waals surface area (Å²) in [5.41, 5.74) is 8.15. The van der Waals surface area contributed by atoms with Gasteiger partial charge in [-0.25, -0.2) is 0 Å². The van der Waals surface area contributed by atoms with Crippen molar-refractivity contribution >= 4 is 0 Å². The molecule has 0 heterocycles. The lowest BCUT2D eigenvalue weighted by molar-refractivity contribution is 0.232. The first-order valence-electron chi connectivity index (χ1n) is 7.22. The van der Waals surface area contributed by atoms with E-state index in [1.165, 1.54) is 44.1 Å². The Balaban J connectivity index is 1.92. The molecular formula is C16H25NO. The smallest absolute Gasteiger partial charge is 0.123 e. The highest BCUT2D eigenvalue weighted by Crippen LogP contribution is 2.25. The predicted octanol–water partition coefficient (Wildman–Crippen LogP) is 3.80. The zero-order valence-electron chi connectivity index (χ0n) is 11.5. The van der Waals surface area contributed by atoms with Gasteiger partial charge >= 0.3 is 0 Å². The number of nitrogens with two attached hydrogens (primary N) is 1. The van der Waals surface area contributed by atoms with E-state index in [2.05, 4.69) is 25.1 Å². The molecule has 100 valence electrons. The van der Waals surface area contributed by atoms with Gasteiger partial charge in [0, 0.05) is 12.1 Å². The number of hydrogen-bond donors (Lipinski definition) is 1. The van der Waals surface area contributed by atoms with E-state index >= 15 is 0 Å². The Kier molecular flexibility index (Phi) is 5.06. The fourth-order valence-corrected chi connectivity index (χ4v) is 2.75. The van der Waals surface area contributed by atoms with Crippen LogP contribution in [0.3, 0.4) is 0 Å². The Bertz CT molecular complexity index is 367. The molecule has 2 heteroatoms. The Labute approximate surface area is 111 Å². The monoisotopic (exact) mass is 247 g/mol. The van der Waals surface area contributed by atoms with E-state index in [1.807, 2.05) is 0 Å². The third kappa shape index (κ3) is 3.74. The first-order valence-corrected chi connectivity index (χ1v) is 7.22. The average molecular weight is 247 g/mol. The molecule has 2 nitrogen and oxygen atoms in total. The van der Waals surface area contributed by atoms with Gasteiger partial charge < -0.3 is 10.5 Å². The van der Waals surface area contributed by atoms with Crippen molar-refractivity contribution in [2.45, 2.75) is 52.0 Å². The van der Waals surface area contributed by atoms with Gasteiger partial charge in [0.25, 0.3) is 0 Å². The lowest BCUT2D eigenvalue weighted by atomic mass is 10.0. The van der Waals surface area contributed by atoms with Gasteiger partial charge in [-0.05, 0) is 31.7 Å². The average Bonchev–Trinajstić information content (AvgIpc) is 2.65. The van der Waals surface area contributed by atoms with Crippen molar-refractivity contribution in [1.29, 1.82) is 0 Å². The lowest BCUT2D eigenvalue weighted by Gasteiger charge is -2.17. The second kappa shape index (κ2) is 6.79. The summed E-state index contributed by atoms with van der Waals surface area (Å²) in [5, 5.41) is 0. The topological polar surface area (TPSA) is 35.2 Å². The fourth-order valence-electron chi connectivity index (χ4n) is 2.75. The SMILES string of the molecule is Cc1ccc(OCC2CCCCCC2)c(CN)c1. The molecule has 0 aromatic heterocycles. The molecule has 1 saturated carbocycles. The van der Waals surface area contributed by atoms with Gasteiger partial charge in [-0.1, -0.05) is 43.4 Å². The summed E-state index contributed by atoms with van der Waals surface area (Å²) < 4.78 is 6.00. The molecule has 2 rings (SSSR count). The van der Waals surface area contributed by atoms with Crippen molar-refractivity contribution in [3.8, 4) is 5.75 Å². The molecule has 1 aromatic carbocycles. The van der Waals surface area contributed by atoms with E-state index in [0.29, 0.717) is 6.54 Å². The second-order valence-corrected chi connectivity index (χ2v) is 5.48. The highest BCUT2D eigenvalue weighted by atomic mass is 16.5. The maximum absolute atomic E-state index is 6.00. The van der Waals surface area contributed by atoms with E-state index in [1.54, 1.807) is 0 Å². The highest BCUT2D eigenvalue weighted by molar-refractivity contribution is 5.36. The molecule has 1 aliphatic carbocycles. The summed E-state index contributed by atoms with van der Waals surface area (Å²) in [6, 6.07) is 6.29. The van der Waals surface area contributed by atoms with Crippen LogP contribution in [-0.4, -0.2) is 6.61 Å². The minimum absolute atomic E-state index is 0.557. The minimum atomic E-state index is 0.557. The zero-order chi connectivity index (χ0) is 12.8. The summed E-state index contributed by atoms with van der Waals surface area (Å²) in [6.07, 6.45) is 8.18. The van der Waals surface area contributed by atoms with Crippen molar-refractivity contribution < 1.29 is 4.74 Å². The van der Waals surface area contributed by atoms with Crippen LogP contribution < -0.4 is 10.5 Å². The molecule has 0 radical (unpaired) electrons. The summed E-state index contributed by atoms with van der Waals surface area (Å²) in [4.78, 5) is 0. The van der Waals surface area contributed by atoms with Gasteiger partial charge in [0.15, 0.2) is 0 Å². The van der Waals surface area contributed by atoms with Crippen LogP contribution in [0.4, 0.5) is 0 Å². The van der Waals surface area contributed by atoms with Crippen LogP contribution in [0, 0.1) is 12.8 Å². The van der Waals surface area contributed by atoms with Gasteiger partial charge in [-0.2, -0.15) is 0 Å². The molecule has 18 heavy (non-hydrogen) atoms. The first-order chi connectivity index (χ1) is 8.79. The first kappa shape index (κ1) is 13.4. The number of ether oxygens (including phenoxy) is 1. The number of rotatable bonds is 4. The van der Waals surface area contributed by atoms with E-state index < -0.39 is 0 Å². The summed E-state index contributed by atoms with van der Waals surface area (Å²) in [6.45, 7) is 3.51. The fraction of sp³-hybridized carbons (Fsp3) is 0.625. The maximum Gasteiger partial charge on any atom is 0.123 e. The van der Waals surface area contributed by atoms with Gasteiger partial charge in [0.05, 0.1) is 6.61 Å². The van der Waals surface area contributed by atoms with Crippen molar-refractivity contribution in [3.05, 3.63) is 29.3 Å². The molecule has 1 aliphatic rings. The molecule has 0 atom stereocenters. The van der Waals surface area contributed by atoms with Crippen LogP contribution in [0.5, 0.6) is 5.75 Å². The molecule has 0 saturated heterocycles. The molecule has 2 N–H and O–H groups in total. The van der Waals surface area contributed by atoms with E-state index in [-0.39, 0.29) is 0 Å². The Hall–Kier alpha value is -1.02. The van der Waals surface area contributed by atoms with E-state index in [0.717, 1.165) is 23.8 Å². The Morgan fingerprint density at radius 2 is 1.89 bits per heavy atom. The number of aryl methyl sites for hydroxylation is 1. The maximum atomic E-state index is 6.00. The molecule has 0 unspecified atom stereocenters. The van der Waals surface area contributed by atoms with Gasteiger partial charge in [0.1, 0.15) is 5.75 Å². The molecule has 0 aliphatic heterocycles. The standard InChI is InChI=1S/C16H25NO/c1-13-8-9-16(15(10-13)11-17)18-12-14-6-4-2-3-5-7-14/h8-10,14H,2-7,11-12,17H2,1H3. The number of hydrogen-bond acceptors (Lipinski definition) is 2. The van der Waals surface area contributed by atoms with Crippen molar-refractivity contribution in [1.82, 2.24) is 0 Å². The quantitative estimate of drug-likeness (QED) is 0.821. The van der Waals surface area contributed by atoms with Crippen LogP contribution in [0.15, 0.2) is 18.2 Å². The van der Waals surface area contributed by atoms with E-state index in [4.69, 9.17) is 10.5 Å². The van der Waals surface area contributed by atoms with Gasteiger partial charge in [-0.3, -0.25) is 0 Å². The van der Waals surface area contributed by atoms with E-state index in [9.17, 15) is 0 Å². The molecule has 0 bridgehead atoms. The molecule has 0 amide bonds. The Morgan fingerprint density at radius 3 is 2.56 bits per heavy atom. The minimum Gasteiger partial charge on any atom is -0.493 e. The molecule has 0 spiro atoms. The third-order valence-corrected chi connectivity index (χ3v) is 3.89.